The van der Waals surface area contributed by atoms with E-state index in [9.17, 15) is 29.1 Å². The van der Waals surface area contributed by atoms with E-state index in [0.29, 0.717) is 17.8 Å². The quantitative estimate of drug-likeness (QED) is 0.0569. The van der Waals surface area contributed by atoms with Crippen LogP contribution < -0.4 is 20.9 Å². The third kappa shape index (κ3) is 5.75. The number of amides is 3. The van der Waals surface area contributed by atoms with Gasteiger partial charge in [0.25, 0.3) is 17.6 Å². The lowest BCUT2D eigenvalue weighted by atomic mass is 10.0. The van der Waals surface area contributed by atoms with E-state index in [1.807, 2.05) is 26.7 Å². The monoisotopic (exact) mass is 669 g/mol. The zero-order chi connectivity index (χ0) is 31.0. The normalized spacial score (nSPS) is 19.1. The van der Waals surface area contributed by atoms with Gasteiger partial charge in [-0.25, -0.2) is 19.1 Å². The number of rotatable bonds is 12. The molecule has 0 radical (unpaired) electrons. The van der Waals surface area contributed by atoms with Crippen molar-refractivity contribution in [3.8, 4) is 0 Å². The van der Waals surface area contributed by atoms with Gasteiger partial charge in [0, 0.05) is 16.7 Å². The summed E-state index contributed by atoms with van der Waals surface area (Å²) in [5.41, 5.74) is 5.26. The van der Waals surface area contributed by atoms with Crippen LogP contribution >= 0.6 is 46.0 Å². The van der Waals surface area contributed by atoms with E-state index in [1.54, 1.807) is 6.92 Å². The van der Waals surface area contributed by atoms with E-state index in [-0.39, 0.29) is 33.2 Å². The number of β-lactam (4-membered cyclic amide) rings is 1. The number of aliphatic carboxylic acids is 2. The average molecular weight is 670 g/mol. The van der Waals surface area contributed by atoms with Gasteiger partial charge in [-0.05, 0) is 6.92 Å². The average Bonchev–Trinajstić information content (AvgIpc) is 3.63. The lowest BCUT2D eigenvalue weighted by molar-refractivity contribution is -0.696. The first kappa shape index (κ1) is 30.3. The smallest absolute Gasteiger partial charge is 0.352 e. The molecule has 20 heteroatoms. The summed E-state index contributed by atoms with van der Waals surface area (Å²) in [7, 11) is 0. The van der Waals surface area contributed by atoms with Crippen molar-refractivity contribution >= 4 is 91.9 Å². The van der Waals surface area contributed by atoms with Crippen LogP contribution in [0.4, 0.5) is 5.13 Å². The number of carboxylic acids is 2. The van der Waals surface area contributed by atoms with Gasteiger partial charge in [-0.2, -0.15) is 4.40 Å². The van der Waals surface area contributed by atoms with Gasteiger partial charge >= 0.3 is 11.9 Å². The van der Waals surface area contributed by atoms with Crippen LogP contribution in [0.15, 0.2) is 34.2 Å². The maximum absolute atomic E-state index is 13.3. The van der Waals surface area contributed by atoms with Gasteiger partial charge in [0.2, 0.25) is 17.8 Å². The third-order valence-electron chi connectivity index (χ3n) is 6.43. The number of thioether (sulfide) groups is 1. The minimum absolute atomic E-state index is 0.0108. The van der Waals surface area contributed by atoms with Gasteiger partial charge in [-0.15, -0.1) is 11.8 Å². The predicted molar refractivity (Wildman–Crippen MR) is 154 cm³/mol. The number of aromatic nitrogens is 3. The number of carbonyl (C=O) groups is 5. The van der Waals surface area contributed by atoms with Crippen molar-refractivity contribution in [2.45, 2.75) is 30.9 Å². The summed E-state index contributed by atoms with van der Waals surface area (Å²) in [4.78, 5) is 71.5. The number of carbonyl (C=O) groups excluding carboxylic acids is 3. The summed E-state index contributed by atoms with van der Waals surface area (Å²) in [6, 6.07) is -1.53. The Labute approximate surface area is 258 Å². The van der Waals surface area contributed by atoms with E-state index in [0.717, 1.165) is 21.1 Å². The van der Waals surface area contributed by atoms with Crippen LogP contribution in [-0.4, -0.2) is 84.1 Å². The molecule has 0 saturated carbocycles. The first-order chi connectivity index (χ1) is 20.5. The topological polar surface area (TPSA) is 222 Å². The van der Waals surface area contributed by atoms with Crippen LogP contribution in [-0.2, 0) is 35.4 Å². The van der Waals surface area contributed by atoms with Crippen LogP contribution in [0, 0.1) is 0 Å². The summed E-state index contributed by atoms with van der Waals surface area (Å²) >= 11 is 9.70. The van der Waals surface area contributed by atoms with Gasteiger partial charge in [-0.3, -0.25) is 19.3 Å². The molecule has 6 N–H and O–H groups in total. The highest BCUT2D eigenvalue weighted by molar-refractivity contribution is 8.00. The van der Waals surface area contributed by atoms with Crippen LogP contribution in [0.25, 0.3) is 4.83 Å². The van der Waals surface area contributed by atoms with Gasteiger partial charge in [0.05, 0.1) is 0 Å². The number of nitrogens with one attached hydrogen (secondary N) is 2. The van der Waals surface area contributed by atoms with Crippen LogP contribution in [0.3, 0.4) is 0 Å². The Morgan fingerprint density at radius 1 is 1.40 bits per heavy atom. The standard InChI is InChI=1S/C23H21ClN8O8S3/c1-9(26-8-33)19-30(5-11-31(19)2-3-41-11)4-10-7-42-21-15(20(37)32(21)16(10)22(38)39)27-18(36)14(29-40-6-12(34)35)13-17(24)43-23(25)28-13/h2-3,5,8-9,15,21H,4,6-7H2,1H3,(H5-,25,26,27,28,33,34,35,36,38,39)/p+1/t9-,15-,21-/m1/s1. The van der Waals surface area contributed by atoms with Gasteiger partial charge in [0.15, 0.2) is 10.8 Å². The van der Waals surface area contributed by atoms with Crippen LogP contribution in [0.1, 0.15) is 24.5 Å². The molecule has 0 aliphatic carbocycles. The Bertz CT molecular complexity index is 1710. The van der Waals surface area contributed by atoms with Gasteiger partial charge < -0.3 is 31.4 Å². The molecule has 3 atom stereocenters. The molecule has 3 aromatic heterocycles. The zero-order valence-corrected chi connectivity index (χ0v) is 25.1. The second-order valence-corrected chi connectivity index (χ2v) is 12.8. The molecule has 0 aromatic carbocycles. The second kappa shape index (κ2) is 12.2. The number of hydrogen-bond donors (Lipinski definition) is 5. The summed E-state index contributed by atoms with van der Waals surface area (Å²) in [6.45, 7) is 1.08. The van der Waals surface area contributed by atoms with Crippen LogP contribution in [0.5, 0.6) is 0 Å². The number of anilines is 1. The number of halogens is 1. The molecule has 0 bridgehead atoms. The van der Waals surface area contributed by atoms with Crippen molar-refractivity contribution in [3.05, 3.63) is 44.9 Å². The number of imidazole rings is 1. The third-order valence-corrected chi connectivity index (χ3v) is 9.66. The lowest BCUT2D eigenvalue weighted by Crippen LogP contribution is -2.71. The molecule has 2 aliphatic rings. The molecule has 0 unspecified atom stereocenters. The number of fused-ring (bicyclic) bond motifs is 2. The molecule has 226 valence electrons. The molecule has 3 amide bonds. The fourth-order valence-corrected chi connectivity index (χ4v) is 7.74. The Morgan fingerprint density at radius 3 is 2.81 bits per heavy atom. The molecular weight excluding hydrogens is 648 g/mol. The summed E-state index contributed by atoms with van der Waals surface area (Å²) < 4.78 is 3.71. The maximum Gasteiger partial charge on any atom is 0.352 e. The lowest BCUT2D eigenvalue weighted by Gasteiger charge is -2.49. The van der Waals surface area contributed by atoms with Gasteiger partial charge in [-0.1, -0.05) is 39.4 Å². The van der Waals surface area contributed by atoms with Crippen molar-refractivity contribution < 1.29 is 43.6 Å². The second-order valence-electron chi connectivity index (χ2n) is 9.13. The maximum atomic E-state index is 13.3. The Balaban J connectivity index is 1.39. The van der Waals surface area contributed by atoms with E-state index < -0.39 is 53.5 Å². The summed E-state index contributed by atoms with van der Waals surface area (Å²) in [6.07, 6.45) is 4.27. The van der Waals surface area contributed by atoms with Crippen molar-refractivity contribution in [3.63, 3.8) is 0 Å². The van der Waals surface area contributed by atoms with Crippen molar-refractivity contribution in [1.29, 1.82) is 0 Å². The van der Waals surface area contributed by atoms with Crippen molar-refractivity contribution in [2.75, 3.05) is 18.1 Å². The van der Waals surface area contributed by atoms with E-state index in [1.165, 1.54) is 23.1 Å². The van der Waals surface area contributed by atoms with Crippen molar-refractivity contribution in [2.24, 2.45) is 5.16 Å². The minimum Gasteiger partial charge on any atom is -0.479 e. The predicted octanol–water partition coefficient (Wildman–Crippen LogP) is 0.0315. The number of nitrogen functional groups attached to an aromatic ring is 1. The highest BCUT2D eigenvalue weighted by Crippen LogP contribution is 2.40. The Morgan fingerprint density at radius 2 is 2.16 bits per heavy atom. The first-order valence-corrected chi connectivity index (χ1v) is 15.4. The summed E-state index contributed by atoms with van der Waals surface area (Å²) in [5, 5.41) is 28.9. The molecule has 0 spiro atoms. The first-order valence-electron chi connectivity index (χ1n) is 12.2. The fraction of sp³-hybridized carbons (Fsp3) is 0.304. The van der Waals surface area contributed by atoms with Crippen LogP contribution in [0.2, 0.25) is 4.34 Å². The Kier molecular flexibility index (Phi) is 8.58. The molecule has 16 nitrogen and oxygen atoms in total. The molecule has 3 aromatic rings. The SMILES string of the molecule is C[C@@H](NC=O)c1n2ccsc2c[n+]1CC1=C(C(=O)O)N2C(=O)[C@@H](NC(=O)C(=NOCC(=O)O)c3nc(N)sc3Cl)[C@H]2SC1. The van der Waals surface area contributed by atoms with E-state index in [4.69, 9.17) is 27.3 Å². The molecular formula is C23H22ClN8O8S3+. The Hall–Kier alpha value is -4.20. The minimum atomic E-state index is -1.35. The molecule has 2 aliphatic heterocycles. The highest BCUT2D eigenvalue weighted by Gasteiger charge is 2.54. The molecule has 5 rings (SSSR count). The highest BCUT2D eigenvalue weighted by atomic mass is 35.5. The number of carboxylic acid groups (broad SMARTS) is 2. The summed E-state index contributed by atoms with van der Waals surface area (Å²) in [5.74, 6) is -3.34. The van der Waals surface area contributed by atoms with E-state index in [2.05, 4.69) is 20.8 Å². The molecule has 1 fully saturated rings. The number of nitrogens with two attached hydrogens (primary N) is 1. The molecule has 43 heavy (non-hydrogen) atoms. The number of thiazole rings is 2. The number of nitrogens with zero attached hydrogens (tertiary/aromatic N) is 5. The molecule has 1 saturated heterocycles. The molecule has 5 heterocycles. The fourth-order valence-electron chi connectivity index (χ4n) is 4.70. The number of hydrogen-bond acceptors (Lipinski definition) is 12. The van der Waals surface area contributed by atoms with Gasteiger partial charge in [0.1, 0.15) is 52.1 Å². The zero-order valence-electron chi connectivity index (χ0n) is 21.9. The van der Waals surface area contributed by atoms with E-state index >= 15 is 0 Å². The van der Waals surface area contributed by atoms with Crippen molar-refractivity contribution in [1.82, 2.24) is 24.9 Å². The number of oxime groups is 1. The largest absolute Gasteiger partial charge is 0.479 e.